The van der Waals surface area contributed by atoms with Crippen LogP contribution in [0.4, 0.5) is 0 Å². The molecule has 1 N–H and O–H groups in total. The van der Waals surface area contributed by atoms with Crippen molar-refractivity contribution in [1.29, 1.82) is 5.26 Å². The first-order chi connectivity index (χ1) is 8.11. The van der Waals surface area contributed by atoms with E-state index in [1.165, 1.54) is 12.1 Å². The molecular formula is C13H15NO3. The van der Waals surface area contributed by atoms with Crippen LogP contribution in [0.25, 0.3) is 0 Å². The molecule has 0 aromatic heterocycles. The summed E-state index contributed by atoms with van der Waals surface area (Å²) in [6.07, 6.45) is 1.71. The number of hydrogen-bond donors (Lipinski definition) is 1. The smallest absolute Gasteiger partial charge is 0.342 e. The predicted molar refractivity (Wildman–Crippen MR) is 62.7 cm³/mol. The lowest BCUT2D eigenvalue weighted by atomic mass is 10.0. The Morgan fingerprint density at radius 3 is 2.82 bits per heavy atom. The molecule has 1 aromatic rings. The average Bonchev–Trinajstić information content (AvgIpc) is 2.30. The highest BCUT2D eigenvalue weighted by atomic mass is 16.5. The van der Waals surface area contributed by atoms with Gasteiger partial charge in [-0.05, 0) is 31.0 Å². The lowest BCUT2D eigenvalue weighted by molar-refractivity contribution is 0.0495. The van der Waals surface area contributed by atoms with Gasteiger partial charge in [-0.3, -0.25) is 0 Å². The van der Waals surface area contributed by atoms with E-state index >= 15 is 0 Å². The second kappa shape index (κ2) is 5.90. The summed E-state index contributed by atoms with van der Waals surface area (Å²) in [5.74, 6) is -0.728. The van der Waals surface area contributed by atoms with Gasteiger partial charge in [0.2, 0.25) is 0 Å². The van der Waals surface area contributed by atoms with Crippen LogP contribution in [0.2, 0.25) is 0 Å². The minimum Gasteiger partial charge on any atom is -0.507 e. The van der Waals surface area contributed by atoms with Crippen molar-refractivity contribution in [3.05, 3.63) is 28.8 Å². The Hall–Kier alpha value is -2.02. The van der Waals surface area contributed by atoms with Crippen LogP contribution in [-0.4, -0.2) is 17.7 Å². The largest absolute Gasteiger partial charge is 0.507 e. The third-order valence-electron chi connectivity index (χ3n) is 2.50. The number of nitrogens with zero attached hydrogens (tertiary/aromatic N) is 1. The van der Waals surface area contributed by atoms with Crippen molar-refractivity contribution < 1.29 is 14.6 Å². The number of rotatable bonds is 4. The molecule has 0 heterocycles. The van der Waals surface area contributed by atoms with E-state index in [4.69, 9.17) is 10.00 Å². The van der Waals surface area contributed by atoms with Crippen LogP contribution in [-0.2, 0) is 4.74 Å². The molecule has 0 unspecified atom stereocenters. The molecular weight excluding hydrogens is 218 g/mol. The molecule has 0 amide bonds. The molecule has 0 fully saturated rings. The molecule has 1 aromatic carbocycles. The molecule has 0 saturated heterocycles. The zero-order valence-electron chi connectivity index (χ0n) is 9.99. The second-order valence-corrected chi connectivity index (χ2v) is 3.73. The molecule has 0 bridgehead atoms. The van der Waals surface area contributed by atoms with E-state index in [0.29, 0.717) is 17.7 Å². The van der Waals surface area contributed by atoms with E-state index in [1.54, 1.807) is 6.92 Å². The van der Waals surface area contributed by atoms with Crippen molar-refractivity contribution in [2.45, 2.75) is 26.7 Å². The summed E-state index contributed by atoms with van der Waals surface area (Å²) in [5.41, 5.74) is 0.902. The molecule has 90 valence electrons. The van der Waals surface area contributed by atoms with Gasteiger partial charge in [0.15, 0.2) is 0 Å². The molecule has 0 radical (unpaired) electrons. The molecule has 4 heteroatoms. The van der Waals surface area contributed by atoms with Crippen LogP contribution in [0, 0.1) is 18.3 Å². The minimum atomic E-state index is -0.578. The zero-order chi connectivity index (χ0) is 12.8. The molecule has 0 spiro atoms. The number of phenols is 1. The summed E-state index contributed by atoms with van der Waals surface area (Å²) >= 11 is 0. The fraction of sp³-hybridized carbons (Fsp3) is 0.385. The topological polar surface area (TPSA) is 70.3 Å². The first-order valence-corrected chi connectivity index (χ1v) is 5.51. The number of nitriles is 1. The maximum absolute atomic E-state index is 11.7. The lowest BCUT2D eigenvalue weighted by Gasteiger charge is -2.09. The highest BCUT2D eigenvalue weighted by molar-refractivity contribution is 5.94. The van der Waals surface area contributed by atoms with Crippen molar-refractivity contribution in [3.63, 3.8) is 0 Å². The van der Waals surface area contributed by atoms with Gasteiger partial charge in [-0.25, -0.2) is 4.79 Å². The first-order valence-electron chi connectivity index (χ1n) is 5.51. The molecule has 0 saturated carbocycles. The second-order valence-electron chi connectivity index (χ2n) is 3.73. The summed E-state index contributed by atoms with van der Waals surface area (Å²) in [6, 6.07) is 4.78. The zero-order valence-corrected chi connectivity index (χ0v) is 9.99. The fourth-order valence-electron chi connectivity index (χ4n) is 1.46. The number of ether oxygens (including phenoxy) is 1. The van der Waals surface area contributed by atoms with Crippen LogP contribution >= 0.6 is 0 Å². The fourth-order valence-corrected chi connectivity index (χ4v) is 1.46. The van der Waals surface area contributed by atoms with Crippen molar-refractivity contribution in [2.24, 2.45) is 0 Å². The molecule has 0 aliphatic carbocycles. The normalized spacial score (nSPS) is 9.71. The molecule has 1 rings (SSSR count). The highest BCUT2D eigenvalue weighted by Crippen LogP contribution is 2.24. The first kappa shape index (κ1) is 13.0. The number of aromatic hydroxyl groups is 1. The van der Waals surface area contributed by atoms with Crippen LogP contribution in [0.5, 0.6) is 5.75 Å². The molecule has 0 atom stereocenters. The summed E-state index contributed by atoms with van der Waals surface area (Å²) in [6.45, 7) is 3.94. The maximum Gasteiger partial charge on any atom is 0.342 e. The average molecular weight is 233 g/mol. The number of unbranched alkanes of at least 4 members (excludes halogenated alkanes) is 1. The van der Waals surface area contributed by atoms with Gasteiger partial charge in [-0.2, -0.15) is 5.26 Å². The van der Waals surface area contributed by atoms with Gasteiger partial charge in [0, 0.05) is 0 Å². The number of phenolic OH excluding ortho intramolecular Hbond substituents is 1. The van der Waals surface area contributed by atoms with Gasteiger partial charge in [0.25, 0.3) is 0 Å². The van der Waals surface area contributed by atoms with E-state index in [0.717, 1.165) is 12.8 Å². The monoisotopic (exact) mass is 233 g/mol. The van der Waals surface area contributed by atoms with Crippen molar-refractivity contribution in [3.8, 4) is 11.8 Å². The highest BCUT2D eigenvalue weighted by Gasteiger charge is 2.18. The SMILES string of the molecule is CCCCOC(=O)c1c(O)ccc(C#N)c1C. The van der Waals surface area contributed by atoms with Gasteiger partial charge < -0.3 is 9.84 Å². The quantitative estimate of drug-likeness (QED) is 0.640. The van der Waals surface area contributed by atoms with Crippen molar-refractivity contribution in [2.75, 3.05) is 6.61 Å². The predicted octanol–water partition coefficient (Wildman–Crippen LogP) is 2.53. The van der Waals surface area contributed by atoms with E-state index in [2.05, 4.69) is 0 Å². The number of hydrogen-bond acceptors (Lipinski definition) is 4. The number of carbonyl (C=O) groups is 1. The van der Waals surface area contributed by atoms with E-state index in [-0.39, 0.29) is 11.3 Å². The van der Waals surface area contributed by atoms with Crippen molar-refractivity contribution >= 4 is 5.97 Å². The summed E-state index contributed by atoms with van der Waals surface area (Å²) in [5, 5.41) is 18.5. The van der Waals surface area contributed by atoms with Gasteiger partial charge in [-0.1, -0.05) is 13.3 Å². The van der Waals surface area contributed by atoms with Crippen LogP contribution in [0.1, 0.15) is 41.3 Å². The Morgan fingerprint density at radius 1 is 1.53 bits per heavy atom. The van der Waals surface area contributed by atoms with Crippen LogP contribution in [0.15, 0.2) is 12.1 Å². The summed E-state index contributed by atoms with van der Waals surface area (Å²) in [7, 11) is 0. The van der Waals surface area contributed by atoms with E-state index < -0.39 is 5.97 Å². The van der Waals surface area contributed by atoms with Crippen LogP contribution < -0.4 is 0 Å². The third kappa shape index (κ3) is 2.97. The Balaban J connectivity index is 2.97. The van der Waals surface area contributed by atoms with E-state index in [9.17, 15) is 9.90 Å². The summed E-state index contributed by atoms with van der Waals surface area (Å²) in [4.78, 5) is 11.7. The van der Waals surface area contributed by atoms with Crippen LogP contribution in [0.3, 0.4) is 0 Å². The lowest BCUT2D eigenvalue weighted by Crippen LogP contribution is -2.09. The van der Waals surface area contributed by atoms with Gasteiger partial charge >= 0.3 is 5.97 Å². The molecule has 4 nitrogen and oxygen atoms in total. The molecule has 17 heavy (non-hydrogen) atoms. The minimum absolute atomic E-state index is 0.0835. The van der Waals surface area contributed by atoms with Crippen molar-refractivity contribution in [1.82, 2.24) is 0 Å². The Labute approximate surface area is 100 Å². The van der Waals surface area contributed by atoms with Gasteiger partial charge in [0.05, 0.1) is 18.2 Å². The van der Waals surface area contributed by atoms with Gasteiger partial charge in [0.1, 0.15) is 11.3 Å². The Bertz CT molecular complexity index is 460. The third-order valence-corrected chi connectivity index (χ3v) is 2.50. The number of esters is 1. The summed E-state index contributed by atoms with van der Waals surface area (Å²) < 4.78 is 5.02. The standard InChI is InChI=1S/C13H15NO3/c1-3-4-7-17-13(16)12-9(2)10(8-14)5-6-11(12)15/h5-6,15H,3-4,7H2,1-2H3. The van der Waals surface area contributed by atoms with Gasteiger partial charge in [-0.15, -0.1) is 0 Å². The maximum atomic E-state index is 11.7. The Kier molecular flexibility index (Phi) is 4.53. The van der Waals surface area contributed by atoms with E-state index in [1.807, 2.05) is 13.0 Å². The number of benzene rings is 1. The molecule has 0 aliphatic rings. The molecule has 0 aliphatic heterocycles. The Morgan fingerprint density at radius 2 is 2.24 bits per heavy atom. The number of carbonyl (C=O) groups excluding carboxylic acids is 1.